The number of alkyl halides is 3. The molecule has 1 saturated heterocycles. The van der Waals surface area contributed by atoms with Gasteiger partial charge in [-0.05, 0) is 68.7 Å². The van der Waals surface area contributed by atoms with E-state index >= 15 is 0 Å². The lowest BCUT2D eigenvalue weighted by molar-refractivity contribution is -0.138. The summed E-state index contributed by atoms with van der Waals surface area (Å²) in [6.45, 7) is 9.85. The standard InChI is InChI=1S/C24H30F3N3O/c1-23(2,3)30-13-10-19-17(15-30)14-28-21(19)22(31)29-11-8-16(9-12-29)18-6-4-5-7-20(18)24(25,26)27/h4-7,16H,8-15H2,1-3H3. The van der Waals surface area contributed by atoms with Gasteiger partial charge in [0.2, 0.25) is 0 Å². The third-order valence-corrected chi connectivity index (χ3v) is 6.79. The van der Waals surface area contributed by atoms with Crippen LogP contribution in [0.5, 0.6) is 0 Å². The number of hydrogen-bond acceptors (Lipinski definition) is 3. The highest BCUT2D eigenvalue weighted by molar-refractivity contribution is 6.46. The van der Waals surface area contributed by atoms with E-state index in [1.54, 1.807) is 17.0 Å². The van der Waals surface area contributed by atoms with Crippen LogP contribution in [-0.2, 0) is 11.0 Å². The van der Waals surface area contributed by atoms with Crippen molar-refractivity contribution in [2.75, 3.05) is 32.7 Å². The molecule has 168 valence electrons. The van der Waals surface area contributed by atoms with E-state index in [4.69, 9.17) is 0 Å². The van der Waals surface area contributed by atoms with Gasteiger partial charge in [-0.3, -0.25) is 14.7 Å². The first-order valence-corrected chi connectivity index (χ1v) is 11.0. The molecule has 0 spiro atoms. The summed E-state index contributed by atoms with van der Waals surface area (Å²) in [6.07, 6.45) is -2.45. The van der Waals surface area contributed by atoms with Gasteiger partial charge < -0.3 is 4.90 Å². The molecule has 0 N–H and O–H groups in total. The Morgan fingerprint density at radius 1 is 1.06 bits per heavy atom. The Morgan fingerprint density at radius 2 is 1.74 bits per heavy atom. The molecular formula is C24H30F3N3O. The Hall–Kier alpha value is -2.15. The topological polar surface area (TPSA) is 35.9 Å². The highest BCUT2D eigenvalue weighted by atomic mass is 19.4. The zero-order chi connectivity index (χ0) is 22.4. The Bertz CT molecular complexity index is 919. The van der Waals surface area contributed by atoms with Gasteiger partial charge in [0.05, 0.1) is 12.1 Å². The van der Waals surface area contributed by atoms with E-state index in [0.29, 0.717) is 43.8 Å². The lowest BCUT2D eigenvalue weighted by Gasteiger charge is -2.39. The Balaban J connectivity index is 1.42. The predicted octanol–water partition coefficient (Wildman–Crippen LogP) is 4.67. The number of carbonyl (C=O) groups excluding carboxylic acids is 1. The summed E-state index contributed by atoms with van der Waals surface area (Å²) >= 11 is 0. The molecule has 0 radical (unpaired) electrons. The van der Waals surface area contributed by atoms with Gasteiger partial charge in [-0.25, -0.2) is 0 Å². The number of rotatable bonds is 2. The van der Waals surface area contributed by atoms with E-state index in [1.807, 2.05) is 0 Å². The van der Waals surface area contributed by atoms with Crippen LogP contribution in [0.15, 0.2) is 40.4 Å². The van der Waals surface area contributed by atoms with Gasteiger partial charge in [-0.2, -0.15) is 13.2 Å². The van der Waals surface area contributed by atoms with E-state index in [2.05, 4.69) is 30.7 Å². The van der Waals surface area contributed by atoms with Gasteiger partial charge in [0, 0.05) is 31.7 Å². The first-order valence-electron chi connectivity index (χ1n) is 11.0. The molecule has 1 aromatic rings. The van der Waals surface area contributed by atoms with E-state index in [0.717, 1.165) is 31.1 Å². The van der Waals surface area contributed by atoms with Crippen molar-refractivity contribution in [3.8, 4) is 0 Å². The SMILES string of the molecule is CC(C)(C)N1CCC2=C(CN=C2C(=O)N2CCC(c3ccccc3C(F)(F)F)CC2)C1. The lowest BCUT2D eigenvalue weighted by atomic mass is 9.86. The van der Waals surface area contributed by atoms with Crippen molar-refractivity contribution in [2.45, 2.75) is 57.7 Å². The molecule has 4 nitrogen and oxygen atoms in total. The van der Waals surface area contributed by atoms with Crippen LogP contribution >= 0.6 is 0 Å². The van der Waals surface area contributed by atoms with Crippen molar-refractivity contribution in [3.63, 3.8) is 0 Å². The largest absolute Gasteiger partial charge is 0.416 e. The Kier molecular flexibility index (Phi) is 5.75. The van der Waals surface area contributed by atoms with Crippen LogP contribution in [-0.4, -0.2) is 59.7 Å². The molecule has 0 aliphatic carbocycles. The molecule has 3 aliphatic rings. The number of nitrogens with zero attached hydrogens (tertiary/aromatic N) is 3. The summed E-state index contributed by atoms with van der Waals surface area (Å²) in [6, 6.07) is 5.82. The first kappa shape index (κ1) is 22.1. The molecule has 0 unspecified atom stereocenters. The number of piperidine rings is 1. The summed E-state index contributed by atoms with van der Waals surface area (Å²) in [5.41, 5.74) is 2.78. The number of amides is 1. The van der Waals surface area contributed by atoms with Crippen molar-refractivity contribution >= 4 is 11.6 Å². The van der Waals surface area contributed by atoms with Gasteiger partial charge in [-0.1, -0.05) is 18.2 Å². The zero-order valence-corrected chi connectivity index (χ0v) is 18.4. The van der Waals surface area contributed by atoms with Crippen molar-refractivity contribution < 1.29 is 18.0 Å². The third-order valence-electron chi connectivity index (χ3n) is 6.79. The molecule has 0 saturated carbocycles. The van der Waals surface area contributed by atoms with E-state index in [9.17, 15) is 18.0 Å². The van der Waals surface area contributed by atoms with Crippen molar-refractivity contribution in [3.05, 3.63) is 46.5 Å². The fourth-order valence-electron chi connectivity index (χ4n) is 4.95. The van der Waals surface area contributed by atoms with Gasteiger partial charge in [0.1, 0.15) is 5.71 Å². The quantitative estimate of drug-likeness (QED) is 0.680. The zero-order valence-electron chi connectivity index (χ0n) is 18.4. The van der Waals surface area contributed by atoms with Crippen LogP contribution in [0.25, 0.3) is 0 Å². The van der Waals surface area contributed by atoms with Gasteiger partial charge in [0.25, 0.3) is 5.91 Å². The highest BCUT2D eigenvalue weighted by Crippen LogP contribution is 2.39. The maximum atomic E-state index is 13.4. The summed E-state index contributed by atoms with van der Waals surface area (Å²) in [5.74, 6) is -0.242. The minimum atomic E-state index is -4.35. The van der Waals surface area contributed by atoms with Crippen LogP contribution in [0, 0.1) is 0 Å². The molecule has 3 aliphatic heterocycles. The average molecular weight is 434 g/mol. The minimum absolute atomic E-state index is 0.0586. The van der Waals surface area contributed by atoms with Crippen LogP contribution in [0.1, 0.15) is 57.1 Å². The van der Waals surface area contributed by atoms with Crippen LogP contribution in [0.4, 0.5) is 13.2 Å². The molecule has 4 rings (SSSR count). The van der Waals surface area contributed by atoms with E-state index < -0.39 is 11.7 Å². The first-order chi connectivity index (χ1) is 14.6. The molecule has 1 fully saturated rings. The molecule has 1 aromatic carbocycles. The fraction of sp³-hybridized carbons (Fsp3) is 0.583. The molecule has 0 atom stereocenters. The smallest absolute Gasteiger partial charge is 0.337 e. The molecule has 3 heterocycles. The van der Waals surface area contributed by atoms with Crippen molar-refractivity contribution in [1.82, 2.24) is 9.80 Å². The van der Waals surface area contributed by atoms with E-state index in [1.165, 1.54) is 11.6 Å². The monoisotopic (exact) mass is 433 g/mol. The normalized spacial score (nSPS) is 21.4. The second-order valence-electron chi connectivity index (χ2n) is 9.74. The number of hydrogen-bond donors (Lipinski definition) is 0. The number of carbonyl (C=O) groups is 1. The molecule has 0 aromatic heterocycles. The Morgan fingerprint density at radius 3 is 2.39 bits per heavy atom. The second kappa shape index (κ2) is 8.08. The molecule has 7 heteroatoms. The van der Waals surface area contributed by atoms with Crippen LogP contribution in [0.3, 0.4) is 0 Å². The number of likely N-dealkylation sites (tertiary alicyclic amines) is 1. The maximum absolute atomic E-state index is 13.4. The maximum Gasteiger partial charge on any atom is 0.416 e. The number of benzene rings is 1. The fourth-order valence-corrected chi connectivity index (χ4v) is 4.95. The van der Waals surface area contributed by atoms with Crippen molar-refractivity contribution in [2.24, 2.45) is 4.99 Å². The van der Waals surface area contributed by atoms with E-state index in [-0.39, 0.29) is 17.4 Å². The Labute approximate surface area is 181 Å². The summed E-state index contributed by atoms with van der Waals surface area (Å²) in [5, 5.41) is 0. The number of aliphatic imine (C=N–C) groups is 1. The molecular weight excluding hydrogens is 403 g/mol. The summed E-state index contributed by atoms with van der Waals surface area (Å²) < 4.78 is 40.1. The van der Waals surface area contributed by atoms with Crippen molar-refractivity contribution in [1.29, 1.82) is 0 Å². The number of halogens is 3. The molecule has 0 bridgehead atoms. The lowest BCUT2D eigenvalue weighted by Crippen LogP contribution is -2.46. The van der Waals surface area contributed by atoms with Gasteiger partial charge in [0.15, 0.2) is 0 Å². The minimum Gasteiger partial charge on any atom is -0.337 e. The summed E-state index contributed by atoms with van der Waals surface area (Å²) in [7, 11) is 0. The summed E-state index contributed by atoms with van der Waals surface area (Å²) in [4.78, 5) is 21.9. The average Bonchev–Trinajstić information content (AvgIpc) is 3.15. The van der Waals surface area contributed by atoms with Crippen LogP contribution in [0.2, 0.25) is 0 Å². The molecule has 31 heavy (non-hydrogen) atoms. The third kappa shape index (κ3) is 4.43. The second-order valence-corrected chi connectivity index (χ2v) is 9.74. The highest BCUT2D eigenvalue weighted by Gasteiger charge is 2.38. The predicted molar refractivity (Wildman–Crippen MR) is 115 cm³/mol. The molecule has 1 amide bonds. The van der Waals surface area contributed by atoms with Crippen LogP contribution < -0.4 is 0 Å². The van der Waals surface area contributed by atoms with Gasteiger partial charge in [-0.15, -0.1) is 0 Å². The van der Waals surface area contributed by atoms with Gasteiger partial charge >= 0.3 is 6.18 Å².